The van der Waals surface area contributed by atoms with Crippen molar-refractivity contribution in [3.05, 3.63) is 35.9 Å². The number of carbonyl (C=O) groups is 1. The third-order valence-corrected chi connectivity index (χ3v) is 3.86. The summed E-state index contributed by atoms with van der Waals surface area (Å²) < 4.78 is 0. The Morgan fingerprint density at radius 2 is 1.86 bits per heavy atom. The summed E-state index contributed by atoms with van der Waals surface area (Å²) in [5.41, 5.74) is 4.67. The zero-order valence-corrected chi connectivity index (χ0v) is 14.1. The van der Waals surface area contributed by atoms with Crippen LogP contribution in [-0.4, -0.2) is 28.1 Å². The summed E-state index contributed by atoms with van der Waals surface area (Å²) in [7, 11) is 0. The lowest BCUT2D eigenvalue weighted by molar-refractivity contribution is -0.129. The van der Waals surface area contributed by atoms with Crippen molar-refractivity contribution < 1.29 is 4.79 Å². The molecule has 1 amide bonds. The molecular formula is C15H18Cl2N4O. The maximum atomic E-state index is 12.3. The van der Waals surface area contributed by atoms with Gasteiger partial charge in [0, 0.05) is 11.0 Å². The molecule has 0 aliphatic carbocycles. The molecule has 0 bridgehead atoms. The van der Waals surface area contributed by atoms with Gasteiger partial charge < -0.3 is 11.1 Å². The van der Waals surface area contributed by atoms with Crippen molar-refractivity contribution in [3.63, 3.8) is 0 Å². The highest BCUT2D eigenvalue weighted by Crippen LogP contribution is 2.29. The summed E-state index contributed by atoms with van der Waals surface area (Å²) in [5.74, 6) is 0.188. The second-order valence-corrected chi connectivity index (χ2v) is 7.17. The molecule has 0 saturated heterocycles. The lowest BCUT2D eigenvalue weighted by Crippen LogP contribution is -2.61. The smallest absolute Gasteiger partial charge is 0.227 e. The molecule has 0 radical (unpaired) electrons. The van der Waals surface area contributed by atoms with Gasteiger partial charge in [-0.2, -0.15) is 0 Å². The number of nitrogens with one attached hydrogen (secondary N) is 1. The summed E-state index contributed by atoms with van der Waals surface area (Å²) in [6, 6.07) is 9.28. The number of amidine groups is 2. The van der Waals surface area contributed by atoms with Crippen molar-refractivity contribution in [2.45, 2.75) is 31.3 Å². The molecule has 22 heavy (non-hydrogen) atoms. The second kappa shape index (κ2) is 5.89. The minimum absolute atomic E-state index is 0.0685. The molecule has 7 heteroatoms. The Bertz CT molecular complexity index is 635. The number of nitrogens with zero attached hydrogens (tertiary/aromatic N) is 2. The fourth-order valence-electron chi connectivity index (χ4n) is 1.83. The zero-order valence-electron chi connectivity index (χ0n) is 12.6. The highest BCUT2D eigenvalue weighted by Gasteiger charge is 2.47. The normalized spacial score (nSPS) is 21.5. The fourth-order valence-corrected chi connectivity index (χ4v) is 2.26. The largest absolute Gasteiger partial charge is 0.383 e. The molecule has 2 rings (SSSR count). The number of nitrogens with two attached hydrogens (primary N) is 1. The molecule has 0 saturated carbocycles. The lowest BCUT2D eigenvalue weighted by Gasteiger charge is -2.31. The maximum absolute atomic E-state index is 12.3. The van der Waals surface area contributed by atoms with E-state index in [0.717, 1.165) is 5.56 Å². The van der Waals surface area contributed by atoms with Gasteiger partial charge in [0.25, 0.3) is 0 Å². The van der Waals surface area contributed by atoms with Crippen LogP contribution < -0.4 is 11.1 Å². The summed E-state index contributed by atoms with van der Waals surface area (Å²) in [5, 5.41) is 2.74. The van der Waals surface area contributed by atoms with E-state index in [1.165, 1.54) is 0 Å². The summed E-state index contributed by atoms with van der Waals surface area (Å²) in [6.07, 6.45) is 0. The molecule has 1 heterocycles. The van der Waals surface area contributed by atoms with Gasteiger partial charge in [-0.15, -0.1) is 0 Å². The van der Waals surface area contributed by atoms with Crippen LogP contribution >= 0.6 is 23.2 Å². The van der Waals surface area contributed by atoms with E-state index in [1.807, 2.05) is 30.3 Å². The fraction of sp³-hybridized carbons (Fsp3) is 0.400. The number of hydrogen-bond donors (Lipinski definition) is 2. The first kappa shape index (κ1) is 16.8. The summed E-state index contributed by atoms with van der Waals surface area (Å²) in [6.45, 7) is 5.33. The first-order valence-corrected chi connectivity index (χ1v) is 7.65. The Hall–Kier alpha value is -1.59. The molecular weight excluding hydrogens is 323 g/mol. The van der Waals surface area contributed by atoms with Gasteiger partial charge in [-0.05, 0) is 0 Å². The number of carbonyl (C=O) groups excluding carboxylic acids is 1. The molecule has 1 aromatic carbocycles. The molecule has 0 aromatic heterocycles. The lowest BCUT2D eigenvalue weighted by atomic mass is 9.94. The van der Waals surface area contributed by atoms with Gasteiger partial charge in [0.15, 0.2) is 16.5 Å². The average Bonchev–Trinajstić information content (AvgIpc) is 2.77. The number of halogens is 2. The summed E-state index contributed by atoms with van der Waals surface area (Å²) in [4.78, 5) is 19.9. The molecule has 118 valence electrons. The van der Waals surface area contributed by atoms with Crippen LogP contribution in [0.3, 0.4) is 0 Å². The van der Waals surface area contributed by atoms with Crippen molar-refractivity contribution >= 4 is 40.8 Å². The molecule has 0 spiro atoms. The Labute approximate surface area is 139 Å². The zero-order chi connectivity index (χ0) is 16.5. The highest BCUT2D eigenvalue weighted by atomic mass is 35.5. The van der Waals surface area contributed by atoms with Gasteiger partial charge in [0.1, 0.15) is 0 Å². The predicted octanol–water partition coefficient (Wildman–Crippen LogP) is 2.47. The number of amides is 1. The van der Waals surface area contributed by atoms with Gasteiger partial charge in [-0.1, -0.05) is 74.3 Å². The Morgan fingerprint density at radius 3 is 2.36 bits per heavy atom. The second-order valence-electron chi connectivity index (χ2n) is 6.07. The van der Waals surface area contributed by atoms with Crippen LogP contribution in [0.1, 0.15) is 26.3 Å². The standard InChI is InChI=1S/C15H18Cl2N4O/c1-14(2,3)13(22)21-15(11(16)17)12(18)19-10(20-15)9-7-5-4-6-8-9/h4-8,11H,1-3H3,(H,21,22)(H2,18,19,20)/t15-/m0/s1. The Kier molecular flexibility index (Phi) is 4.49. The summed E-state index contributed by atoms with van der Waals surface area (Å²) >= 11 is 12.1. The third-order valence-electron chi connectivity index (χ3n) is 3.23. The third kappa shape index (κ3) is 3.10. The van der Waals surface area contributed by atoms with E-state index < -0.39 is 15.9 Å². The predicted molar refractivity (Wildman–Crippen MR) is 90.4 cm³/mol. The molecule has 0 fully saturated rings. The van der Waals surface area contributed by atoms with E-state index in [0.29, 0.717) is 5.84 Å². The van der Waals surface area contributed by atoms with E-state index in [4.69, 9.17) is 28.9 Å². The van der Waals surface area contributed by atoms with E-state index >= 15 is 0 Å². The van der Waals surface area contributed by atoms with Crippen LogP contribution in [0.15, 0.2) is 40.3 Å². The topological polar surface area (TPSA) is 79.8 Å². The van der Waals surface area contributed by atoms with Crippen LogP contribution in [0.4, 0.5) is 0 Å². The van der Waals surface area contributed by atoms with Gasteiger partial charge in [-0.25, -0.2) is 9.98 Å². The molecule has 1 aliphatic heterocycles. The van der Waals surface area contributed by atoms with Crippen LogP contribution in [-0.2, 0) is 4.79 Å². The van der Waals surface area contributed by atoms with E-state index in [-0.39, 0.29) is 11.7 Å². The van der Waals surface area contributed by atoms with Crippen molar-refractivity contribution in [2.75, 3.05) is 0 Å². The molecule has 1 aromatic rings. The molecule has 0 unspecified atom stereocenters. The van der Waals surface area contributed by atoms with Crippen molar-refractivity contribution in [1.29, 1.82) is 0 Å². The minimum Gasteiger partial charge on any atom is -0.383 e. The van der Waals surface area contributed by atoms with Gasteiger partial charge in [-0.3, -0.25) is 4.79 Å². The average molecular weight is 341 g/mol. The maximum Gasteiger partial charge on any atom is 0.227 e. The molecule has 5 nitrogen and oxygen atoms in total. The first-order chi connectivity index (χ1) is 10.2. The highest BCUT2D eigenvalue weighted by molar-refractivity contribution is 6.47. The van der Waals surface area contributed by atoms with Crippen molar-refractivity contribution in [1.82, 2.24) is 5.32 Å². The van der Waals surface area contributed by atoms with E-state index in [9.17, 15) is 4.79 Å². The molecule has 3 N–H and O–H groups in total. The van der Waals surface area contributed by atoms with Crippen molar-refractivity contribution in [3.8, 4) is 0 Å². The number of rotatable bonds is 3. The van der Waals surface area contributed by atoms with Gasteiger partial charge in [0.2, 0.25) is 11.6 Å². The van der Waals surface area contributed by atoms with Gasteiger partial charge >= 0.3 is 0 Å². The van der Waals surface area contributed by atoms with Crippen LogP contribution in [0.5, 0.6) is 0 Å². The Morgan fingerprint density at radius 1 is 1.27 bits per heavy atom. The van der Waals surface area contributed by atoms with Gasteiger partial charge in [0.05, 0.1) is 0 Å². The Balaban J connectivity index is 2.42. The quantitative estimate of drug-likeness (QED) is 0.829. The SMILES string of the molecule is CC(C)(C)C(=O)N[C@]1(C(Cl)Cl)N=C(c2ccccc2)N=C1N. The first-order valence-electron chi connectivity index (χ1n) is 6.77. The van der Waals surface area contributed by atoms with Crippen LogP contribution in [0, 0.1) is 5.41 Å². The monoisotopic (exact) mass is 340 g/mol. The van der Waals surface area contributed by atoms with Crippen LogP contribution in [0.25, 0.3) is 0 Å². The van der Waals surface area contributed by atoms with Crippen LogP contribution in [0.2, 0.25) is 0 Å². The number of alkyl halides is 2. The number of hydrogen-bond acceptors (Lipinski definition) is 4. The molecule has 1 aliphatic rings. The van der Waals surface area contributed by atoms with E-state index in [2.05, 4.69) is 15.3 Å². The number of aliphatic imine (C=N–C) groups is 2. The molecule has 1 atom stereocenters. The van der Waals surface area contributed by atoms with E-state index in [1.54, 1.807) is 20.8 Å². The van der Waals surface area contributed by atoms with Crippen molar-refractivity contribution in [2.24, 2.45) is 21.1 Å². The minimum atomic E-state index is -1.45. The number of benzene rings is 1.